The average molecular weight is 357 g/mol. The molecule has 0 saturated heterocycles. The fourth-order valence-corrected chi connectivity index (χ4v) is 3.02. The molecular formula is C17H24N6OSi. The largest absolute Gasteiger partial charge is 0.361 e. The first-order valence-corrected chi connectivity index (χ1v) is 12.1. The quantitative estimate of drug-likeness (QED) is 0.515. The molecule has 3 aromatic heterocycles. The summed E-state index contributed by atoms with van der Waals surface area (Å²) in [6.45, 7) is 10.2. The second kappa shape index (κ2) is 7.28. The number of ether oxygens (including phenoxy) is 1. The van der Waals surface area contributed by atoms with Crippen LogP contribution in [0.3, 0.4) is 0 Å². The fourth-order valence-electron chi connectivity index (χ4n) is 2.27. The predicted octanol–water partition coefficient (Wildman–Crippen LogP) is 3.59. The van der Waals surface area contributed by atoms with E-state index in [0.29, 0.717) is 18.4 Å². The van der Waals surface area contributed by atoms with Crippen LogP contribution in [-0.2, 0) is 11.5 Å². The Hall–Kier alpha value is -2.32. The van der Waals surface area contributed by atoms with Crippen molar-refractivity contribution in [3.05, 3.63) is 36.4 Å². The van der Waals surface area contributed by atoms with Gasteiger partial charge in [-0.1, -0.05) is 19.6 Å². The molecule has 0 fully saturated rings. The number of rotatable bonds is 7. The van der Waals surface area contributed by atoms with Crippen LogP contribution in [0.1, 0.15) is 5.69 Å². The number of pyridine rings is 1. The highest BCUT2D eigenvalue weighted by molar-refractivity contribution is 6.76. The zero-order chi connectivity index (χ0) is 17.9. The number of anilines is 2. The number of imidazole rings is 1. The zero-order valence-electron chi connectivity index (χ0n) is 15.2. The first-order chi connectivity index (χ1) is 11.9. The fraction of sp³-hybridized carbons (Fsp3) is 0.412. The Morgan fingerprint density at radius 1 is 1.12 bits per heavy atom. The highest BCUT2D eigenvalue weighted by atomic mass is 28.3. The van der Waals surface area contributed by atoms with Gasteiger partial charge in [0.2, 0.25) is 0 Å². The molecule has 25 heavy (non-hydrogen) atoms. The minimum absolute atomic E-state index is 0.499. The van der Waals surface area contributed by atoms with Crippen molar-refractivity contribution in [1.29, 1.82) is 0 Å². The third-order valence-electron chi connectivity index (χ3n) is 3.79. The Bertz CT molecular complexity index is 840. The first-order valence-electron chi connectivity index (χ1n) is 8.37. The van der Waals surface area contributed by atoms with Gasteiger partial charge in [-0.3, -0.25) is 0 Å². The summed E-state index contributed by atoms with van der Waals surface area (Å²) in [7, 11) is -1.06. The molecule has 0 atom stereocenters. The van der Waals surface area contributed by atoms with Crippen molar-refractivity contribution in [2.75, 3.05) is 11.9 Å². The maximum Gasteiger partial charge on any atom is 0.154 e. The number of fused-ring (bicyclic) bond motifs is 1. The Morgan fingerprint density at radius 3 is 2.68 bits per heavy atom. The lowest BCUT2D eigenvalue weighted by molar-refractivity contribution is 0.0898. The van der Waals surface area contributed by atoms with E-state index in [1.165, 1.54) is 0 Å². The molecule has 0 spiro atoms. The van der Waals surface area contributed by atoms with Crippen LogP contribution in [0.5, 0.6) is 0 Å². The maximum atomic E-state index is 5.80. The Kier molecular flexibility index (Phi) is 5.10. The van der Waals surface area contributed by atoms with Crippen molar-refractivity contribution in [3.63, 3.8) is 0 Å². The summed E-state index contributed by atoms with van der Waals surface area (Å²) in [5, 5.41) is 11.3. The lowest BCUT2D eigenvalue weighted by Gasteiger charge is -2.15. The lowest BCUT2D eigenvalue weighted by Crippen LogP contribution is -2.21. The number of nitrogens with zero attached hydrogens (tertiary/aromatic N) is 5. The smallest absolute Gasteiger partial charge is 0.154 e. The van der Waals surface area contributed by atoms with Crippen LogP contribution in [0.2, 0.25) is 25.7 Å². The van der Waals surface area contributed by atoms with Gasteiger partial charge in [0, 0.05) is 20.7 Å². The second-order valence-electron chi connectivity index (χ2n) is 7.31. The van der Waals surface area contributed by atoms with Gasteiger partial charge in [0.25, 0.3) is 0 Å². The van der Waals surface area contributed by atoms with E-state index in [4.69, 9.17) is 4.74 Å². The van der Waals surface area contributed by atoms with Crippen LogP contribution < -0.4 is 5.32 Å². The summed E-state index contributed by atoms with van der Waals surface area (Å²) in [6, 6.07) is 6.83. The molecule has 0 bridgehead atoms. The van der Waals surface area contributed by atoms with Gasteiger partial charge in [-0.2, -0.15) is 5.10 Å². The summed E-state index contributed by atoms with van der Waals surface area (Å²) in [5.41, 5.74) is 2.70. The van der Waals surface area contributed by atoms with Crippen LogP contribution in [0.25, 0.3) is 11.0 Å². The summed E-state index contributed by atoms with van der Waals surface area (Å²) in [5.74, 6) is 1.35. The third kappa shape index (κ3) is 4.83. The van der Waals surface area contributed by atoms with Gasteiger partial charge in [-0.05, 0) is 25.1 Å². The molecule has 3 aromatic rings. The van der Waals surface area contributed by atoms with Gasteiger partial charge in [-0.15, -0.1) is 5.10 Å². The molecule has 0 aliphatic carbocycles. The molecule has 0 unspecified atom stereocenters. The monoisotopic (exact) mass is 356 g/mol. The Morgan fingerprint density at radius 2 is 1.96 bits per heavy atom. The number of aryl methyl sites for hydroxylation is 1. The van der Waals surface area contributed by atoms with E-state index in [1.807, 2.05) is 29.7 Å². The minimum atomic E-state index is -1.06. The molecule has 0 aliphatic heterocycles. The van der Waals surface area contributed by atoms with Gasteiger partial charge in [-0.25, -0.2) is 9.97 Å². The molecule has 3 rings (SSSR count). The number of aromatic nitrogens is 5. The Balaban J connectivity index is 1.65. The zero-order valence-corrected chi connectivity index (χ0v) is 16.2. The average Bonchev–Trinajstić information content (AvgIpc) is 2.95. The molecule has 0 amide bonds. The molecule has 0 aromatic carbocycles. The summed E-state index contributed by atoms with van der Waals surface area (Å²) >= 11 is 0. The topological polar surface area (TPSA) is 77.8 Å². The number of hydrogen-bond acceptors (Lipinski definition) is 6. The number of nitrogens with one attached hydrogen (secondary N) is 1. The molecule has 0 radical (unpaired) electrons. The van der Waals surface area contributed by atoms with Crippen molar-refractivity contribution in [3.8, 4) is 0 Å². The van der Waals surface area contributed by atoms with Crippen molar-refractivity contribution in [2.24, 2.45) is 0 Å². The third-order valence-corrected chi connectivity index (χ3v) is 5.49. The van der Waals surface area contributed by atoms with E-state index >= 15 is 0 Å². The van der Waals surface area contributed by atoms with Crippen LogP contribution in [0.15, 0.2) is 30.7 Å². The van der Waals surface area contributed by atoms with Crippen LogP contribution in [-0.4, -0.2) is 39.4 Å². The second-order valence-corrected chi connectivity index (χ2v) is 12.9. The van der Waals surface area contributed by atoms with Gasteiger partial charge in [0.15, 0.2) is 5.82 Å². The van der Waals surface area contributed by atoms with Crippen molar-refractivity contribution < 1.29 is 4.74 Å². The first kappa shape index (κ1) is 17.5. The molecule has 8 heteroatoms. The Labute approximate surface area is 148 Å². The summed E-state index contributed by atoms with van der Waals surface area (Å²) in [4.78, 5) is 8.87. The van der Waals surface area contributed by atoms with E-state index < -0.39 is 8.07 Å². The molecule has 1 N–H and O–H groups in total. The molecule has 3 heterocycles. The summed E-state index contributed by atoms with van der Waals surface area (Å²) in [6.07, 6.45) is 3.59. The number of hydrogen-bond donors (Lipinski definition) is 1. The molecular weight excluding hydrogens is 332 g/mol. The van der Waals surface area contributed by atoms with E-state index in [2.05, 4.69) is 45.1 Å². The molecule has 0 aliphatic rings. The van der Waals surface area contributed by atoms with E-state index in [9.17, 15) is 0 Å². The van der Waals surface area contributed by atoms with Gasteiger partial charge < -0.3 is 14.6 Å². The molecule has 7 nitrogen and oxygen atoms in total. The highest BCUT2D eigenvalue weighted by Gasteiger charge is 2.12. The minimum Gasteiger partial charge on any atom is -0.361 e. The SMILES string of the molecule is Cc1ccc(Nc2cc3ncn(COCC[Si](C)(C)C)c3cn2)nn1. The van der Waals surface area contributed by atoms with Crippen LogP contribution in [0, 0.1) is 6.92 Å². The lowest BCUT2D eigenvalue weighted by atomic mass is 10.4. The molecule has 132 valence electrons. The van der Waals surface area contributed by atoms with Crippen molar-refractivity contribution in [2.45, 2.75) is 39.3 Å². The standard InChI is InChI=1S/C17H24N6OSi/c1-13-5-6-16(22-21-13)20-17-9-14-15(10-18-17)23(11-19-14)12-24-7-8-25(2,3)4/h5-6,9-11H,7-8,12H2,1-4H3,(H,18,20,22). The van der Waals surface area contributed by atoms with Gasteiger partial charge in [0.1, 0.15) is 12.5 Å². The normalized spacial score (nSPS) is 11.8. The maximum absolute atomic E-state index is 5.80. The van der Waals surface area contributed by atoms with E-state index in [1.54, 1.807) is 12.5 Å². The van der Waals surface area contributed by atoms with E-state index in [0.717, 1.165) is 29.4 Å². The van der Waals surface area contributed by atoms with Gasteiger partial charge in [0.05, 0.1) is 29.3 Å². The predicted molar refractivity (Wildman–Crippen MR) is 102 cm³/mol. The molecule has 0 saturated carbocycles. The highest BCUT2D eigenvalue weighted by Crippen LogP contribution is 2.18. The van der Waals surface area contributed by atoms with Gasteiger partial charge >= 0.3 is 0 Å². The van der Waals surface area contributed by atoms with Crippen LogP contribution >= 0.6 is 0 Å². The van der Waals surface area contributed by atoms with Crippen molar-refractivity contribution >= 4 is 30.7 Å². The van der Waals surface area contributed by atoms with E-state index in [-0.39, 0.29) is 0 Å². The van der Waals surface area contributed by atoms with Crippen molar-refractivity contribution in [1.82, 2.24) is 24.7 Å². The summed E-state index contributed by atoms with van der Waals surface area (Å²) < 4.78 is 7.77. The van der Waals surface area contributed by atoms with Crippen LogP contribution in [0.4, 0.5) is 11.6 Å².